The lowest BCUT2D eigenvalue weighted by Crippen LogP contribution is -2.67. The SMILES string of the molecule is [2H]C1(OC2(N3CCOCC3)NC=C(c3cc(NC(=O)c4cccc(C(F)(F)F)c4)cnc3C)C=C2N2CCOCC2)CCOCC1. The number of hydrogen-bond donors (Lipinski definition) is 2. The van der Waals surface area contributed by atoms with Crippen LogP contribution in [0.4, 0.5) is 18.9 Å². The number of halogens is 3. The first-order chi connectivity index (χ1) is 22.1. The number of ether oxygens (including phenoxy) is 4. The van der Waals surface area contributed by atoms with Crippen molar-refractivity contribution in [2.75, 3.05) is 71.1 Å². The Labute approximate surface area is 261 Å². The van der Waals surface area contributed by atoms with E-state index in [0.29, 0.717) is 95.6 Å². The minimum absolute atomic E-state index is 0.116. The number of amides is 1. The van der Waals surface area contributed by atoms with Gasteiger partial charge in [0.05, 0.1) is 57.0 Å². The predicted octanol–water partition coefficient (Wildman–Crippen LogP) is 4.00. The largest absolute Gasteiger partial charge is 0.416 e. The van der Waals surface area contributed by atoms with Crippen molar-refractivity contribution in [3.05, 3.63) is 76.9 Å². The molecular formula is C32H38F3N5O5. The van der Waals surface area contributed by atoms with E-state index in [2.05, 4.69) is 25.4 Å². The molecule has 0 spiro atoms. The molecule has 0 aliphatic carbocycles. The van der Waals surface area contributed by atoms with E-state index in [9.17, 15) is 19.3 Å². The van der Waals surface area contributed by atoms with Gasteiger partial charge in [-0.1, -0.05) is 6.07 Å². The van der Waals surface area contributed by atoms with Gasteiger partial charge in [0.25, 0.3) is 5.91 Å². The van der Waals surface area contributed by atoms with Crippen molar-refractivity contribution in [1.29, 1.82) is 0 Å². The number of nitrogens with zero attached hydrogens (tertiary/aromatic N) is 3. The number of alkyl halides is 3. The molecule has 45 heavy (non-hydrogen) atoms. The molecule has 3 saturated heterocycles. The zero-order chi connectivity index (χ0) is 32.4. The van der Waals surface area contributed by atoms with Gasteiger partial charge in [-0.05, 0) is 50.1 Å². The van der Waals surface area contributed by atoms with E-state index in [1.54, 1.807) is 6.07 Å². The zero-order valence-corrected chi connectivity index (χ0v) is 25.1. The fourth-order valence-electron chi connectivity index (χ4n) is 5.92. The molecule has 10 nitrogen and oxygen atoms in total. The number of aryl methyl sites for hydroxylation is 1. The molecular weight excluding hydrogens is 591 g/mol. The Morgan fingerprint density at radius 2 is 1.76 bits per heavy atom. The van der Waals surface area contributed by atoms with Gasteiger partial charge in [-0.25, -0.2) is 4.90 Å². The van der Waals surface area contributed by atoms with Crippen molar-refractivity contribution in [3.8, 4) is 0 Å². The Kier molecular flexibility index (Phi) is 9.04. The van der Waals surface area contributed by atoms with Gasteiger partial charge in [-0.2, -0.15) is 13.2 Å². The number of morpholine rings is 2. The quantitative estimate of drug-likeness (QED) is 0.471. The summed E-state index contributed by atoms with van der Waals surface area (Å²) < 4.78 is 72.8. The van der Waals surface area contributed by atoms with E-state index in [1.165, 1.54) is 18.3 Å². The Hall–Kier alpha value is -3.49. The van der Waals surface area contributed by atoms with Crippen LogP contribution in [0, 0.1) is 6.92 Å². The summed E-state index contributed by atoms with van der Waals surface area (Å²) in [6.07, 6.45) is 0.432. The standard InChI is InChI=1S/C32H38F3N5O5/c1-22-28(19-26(21-36-22)38-30(41)23-3-2-4-25(17-23)31(33,34)35)24-18-29(39-7-13-43-14-8-39)32(37-20-24,40-9-15-44-16-10-40)45-27-5-11-42-12-6-27/h2-4,17-21,27,37H,5-16H2,1H3,(H,38,41)/i27D. The van der Waals surface area contributed by atoms with Crippen molar-refractivity contribution >= 4 is 17.2 Å². The molecule has 2 aromatic rings. The van der Waals surface area contributed by atoms with E-state index in [1.807, 2.05) is 19.2 Å². The summed E-state index contributed by atoms with van der Waals surface area (Å²) in [5.41, 5.74) is 2.30. The van der Waals surface area contributed by atoms with Crippen LogP contribution >= 0.6 is 0 Å². The van der Waals surface area contributed by atoms with Crippen LogP contribution in [0.15, 0.2) is 54.5 Å². The summed E-state index contributed by atoms with van der Waals surface area (Å²) in [7, 11) is 0. The Balaban J connectivity index is 1.34. The molecule has 1 aromatic heterocycles. The minimum Gasteiger partial charge on any atom is -0.381 e. The molecule has 13 heteroatoms. The van der Waals surface area contributed by atoms with Crippen LogP contribution in [0.5, 0.6) is 0 Å². The lowest BCUT2D eigenvalue weighted by molar-refractivity contribution is -0.217. The molecule has 6 rings (SSSR count). The normalized spacial score (nSPS) is 24.6. The molecule has 3 fully saturated rings. The number of dihydropyridines is 1. The van der Waals surface area contributed by atoms with E-state index < -0.39 is 29.6 Å². The number of carbonyl (C=O) groups is 1. The fraction of sp³-hybridized carbons (Fsp3) is 0.500. The first-order valence-corrected chi connectivity index (χ1v) is 15.2. The molecule has 0 saturated carbocycles. The maximum atomic E-state index is 13.2. The van der Waals surface area contributed by atoms with Gasteiger partial charge in [-0.15, -0.1) is 0 Å². The summed E-state index contributed by atoms with van der Waals surface area (Å²) in [4.78, 5) is 21.9. The van der Waals surface area contributed by atoms with Gasteiger partial charge in [0.15, 0.2) is 0 Å². The molecule has 4 aliphatic rings. The molecule has 1 amide bonds. The van der Waals surface area contributed by atoms with Gasteiger partial charge in [0, 0.05) is 68.0 Å². The third kappa shape index (κ3) is 7.02. The van der Waals surface area contributed by atoms with Gasteiger partial charge < -0.3 is 34.5 Å². The number of aromatic nitrogens is 1. The lowest BCUT2D eigenvalue weighted by atomic mass is 9.98. The fourth-order valence-corrected chi connectivity index (χ4v) is 5.92. The molecule has 1 atom stereocenters. The summed E-state index contributed by atoms with van der Waals surface area (Å²) in [5.74, 6) is -1.85. The third-order valence-corrected chi connectivity index (χ3v) is 8.32. The van der Waals surface area contributed by atoms with Crippen molar-refractivity contribution in [1.82, 2.24) is 20.1 Å². The number of allylic oxidation sites excluding steroid dienone is 2. The number of rotatable bonds is 7. The van der Waals surface area contributed by atoms with E-state index >= 15 is 0 Å². The predicted molar refractivity (Wildman–Crippen MR) is 160 cm³/mol. The maximum Gasteiger partial charge on any atom is 0.416 e. The Morgan fingerprint density at radius 3 is 2.47 bits per heavy atom. The Bertz CT molecular complexity index is 1490. The van der Waals surface area contributed by atoms with Crippen LogP contribution in [-0.2, 0) is 25.1 Å². The third-order valence-electron chi connectivity index (χ3n) is 8.32. The van der Waals surface area contributed by atoms with Crippen LogP contribution in [0.3, 0.4) is 0 Å². The highest BCUT2D eigenvalue weighted by molar-refractivity contribution is 6.04. The summed E-state index contributed by atoms with van der Waals surface area (Å²) in [6.45, 7) is 7.23. The number of benzene rings is 1. The summed E-state index contributed by atoms with van der Waals surface area (Å²) in [6, 6.07) is 6.04. The van der Waals surface area contributed by atoms with Crippen LogP contribution in [0.1, 0.15) is 41.4 Å². The Morgan fingerprint density at radius 1 is 1.07 bits per heavy atom. The molecule has 242 valence electrons. The van der Waals surface area contributed by atoms with Crippen LogP contribution < -0.4 is 10.6 Å². The molecule has 2 N–H and O–H groups in total. The maximum absolute atomic E-state index is 13.2. The highest BCUT2D eigenvalue weighted by atomic mass is 19.4. The lowest BCUT2D eigenvalue weighted by Gasteiger charge is -2.52. The van der Waals surface area contributed by atoms with Crippen molar-refractivity contribution in [2.45, 2.75) is 37.9 Å². The smallest absolute Gasteiger partial charge is 0.381 e. The number of nitrogens with one attached hydrogen (secondary N) is 2. The summed E-state index contributed by atoms with van der Waals surface area (Å²) >= 11 is 0. The highest BCUT2D eigenvalue weighted by Gasteiger charge is 2.48. The van der Waals surface area contributed by atoms with E-state index in [0.717, 1.165) is 23.4 Å². The first kappa shape index (κ1) is 30.2. The van der Waals surface area contributed by atoms with Gasteiger partial charge >= 0.3 is 6.18 Å². The zero-order valence-electron chi connectivity index (χ0n) is 26.1. The van der Waals surface area contributed by atoms with Gasteiger partial charge in [0.1, 0.15) is 0 Å². The number of carbonyl (C=O) groups excluding carboxylic acids is 1. The average molecular weight is 631 g/mol. The molecule has 0 bridgehead atoms. The molecule has 1 aromatic carbocycles. The van der Waals surface area contributed by atoms with Gasteiger partial charge in [0.2, 0.25) is 5.85 Å². The number of pyridine rings is 1. The average Bonchev–Trinajstić information content (AvgIpc) is 3.06. The van der Waals surface area contributed by atoms with Gasteiger partial charge in [-0.3, -0.25) is 9.78 Å². The molecule has 5 heterocycles. The minimum atomic E-state index is -4.57. The molecule has 4 aliphatic heterocycles. The monoisotopic (exact) mass is 630 g/mol. The number of anilines is 1. The summed E-state index contributed by atoms with van der Waals surface area (Å²) in [5, 5.41) is 6.26. The van der Waals surface area contributed by atoms with E-state index in [4.69, 9.17) is 18.9 Å². The van der Waals surface area contributed by atoms with Crippen molar-refractivity contribution in [3.63, 3.8) is 0 Å². The second-order valence-corrected chi connectivity index (χ2v) is 11.3. The van der Waals surface area contributed by atoms with Crippen molar-refractivity contribution < 1.29 is 38.3 Å². The first-order valence-electron chi connectivity index (χ1n) is 15.7. The topological polar surface area (TPSA) is 97.4 Å². The van der Waals surface area contributed by atoms with Crippen LogP contribution in [0.25, 0.3) is 5.57 Å². The second-order valence-electron chi connectivity index (χ2n) is 11.3. The number of hydrogen-bond acceptors (Lipinski definition) is 9. The van der Waals surface area contributed by atoms with Crippen molar-refractivity contribution in [2.24, 2.45) is 0 Å². The van der Waals surface area contributed by atoms with Crippen LogP contribution in [-0.4, -0.2) is 98.4 Å². The second kappa shape index (κ2) is 13.5. The van der Waals surface area contributed by atoms with E-state index in [-0.39, 0.29) is 5.56 Å². The van der Waals surface area contributed by atoms with Crippen LogP contribution in [0.2, 0.25) is 0 Å². The molecule has 0 radical (unpaired) electrons. The molecule has 1 unspecified atom stereocenters. The highest BCUT2D eigenvalue weighted by Crippen LogP contribution is 2.38.